The van der Waals surface area contributed by atoms with Crippen molar-refractivity contribution in [3.8, 4) is 5.75 Å². The highest BCUT2D eigenvalue weighted by molar-refractivity contribution is 8.00. The van der Waals surface area contributed by atoms with E-state index in [9.17, 15) is 14.4 Å². The van der Waals surface area contributed by atoms with Crippen molar-refractivity contribution in [2.75, 3.05) is 17.7 Å². The van der Waals surface area contributed by atoms with Crippen molar-refractivity contribution in [2.45, 2.75) is 37.1 Å². The number of amides is 2. The molecule has 8 nitrogen and oxygen atoms in total. The van der Waals surface area contributed by atoms with Crippen LogP contribution >= 0.6 is 11.8 Å². The maximum Gasteiger partial charge on any atom is 0.255 e. The Labute approximate surface area is 196 Å². The molecule has 0 aliphatic heterocycles. The maximum atomic E-state index is 12.6. The lowest BCUT2D eigenvalue weighted by atomic mass is 10.2. The number of para-hydroxylation sites is 2. The molecule has 1 unspecified atom stereocenters. The Morgan fingerprint density at radius 2 is 1.85 bits per heavy atom. The average molecular weight is 467 g/mol. The standard InChI is InChI=1S/C24H26N4O4S/c1-4-7-18-14-21(29)28-24(26-18)33-15(2)22(30)25-17-12-10-16(11-13-17)23(31)27-19-8-5-6-9-20(19)32-3/h5-6,8-15H,4,7H2,1-3H3,(H,25,30)(H,27,31)(H,26,28,29). The Bertz CT molecular complexity index is 1180. The van der Waals surface area contributed by atoms with E-state index in [0.29, 0.717) is 40.0 Å². The minimum atomic E-state index is -0.487. The van der Waals surface area contributed by atoms with E-state index in [-0.39, 0.29) is 17.4 Å². The van der Waals surface area contributed by atoms with Crippen LogP contribution in [0.15, 0.2) is 64.5 Å². The maximum absolute atomic E-state index is 12.6. The number of H-pyrrole nitrogens is 1. The van der Waals surface area contributed by atoms with Gasteiger partial charge in [-0.3, -0.25) is 14.4 Å². The van der Waals surface area contributed by atoms with Gasteiger partial charge in [0.2, 0.25) is 5.91 Å². The van der Waals surface area contributed by atoms with Crippen molar-refractivity contribution in [3.05, 3.63) is 76.2 Å². The Kier molecular flexibility index (Phi) is 8.26. The van der Waals surface area contributed by atoms with Gasteiger partial charge >= 0.3 is 0 Å². The van der Waals surface area contributed by atoms with E-state index in [1.54, 1.807) is 49.4 Å². The van der Waals surface area contributed by atoms with E-state index in [1.807, 2.05) is 13.0 Å². The van der Waals surface area contributed by atoms with Gasteiger partial charge < -0.3 is 20.4 Å². The second-order valence-corrected chi connectivity index (χ2v) is 8.60. The number of hydrogen-bond acceptors (Lipinski definition) is 6. The number of aromatic nitrogens is 2. The van der Waals surface area contributed by atoms with Crippen LogP contribution in [-0.2, 0) is 11.2 Å². The minimum Gasteiger partial charge on any atom is -0.495 e. The van der Waals surface area contributed by atoms with Crippen molar-refractivity contribution in [1.82, 2.24) is 9.97 Å². The highest BCUT2D eigenvalue weighted by Gasteiger charge is 2.17. The second-order valence-electron chi connectivity index (χ2n) is 7.27. The Hall–Kier alpha value is -3.59. The van der Waals surface area contributed by atoms with Gasteiger partial charge in [0.15, 0.2) is 5.16 Å². The van der Waals surface area contributed by atoms with E-state index in [1.165, 1.54) is 24.9 Å². The van der Waals surface area contributed by atoms with Crippen LogP contribution in [0.1, 0.15) is 36.3 Å². The zero-order valence-corrected chi connectivity index (χ0v) is 19.5. The van der Waals surface area contributed by atoms with E-state index < -0.39 is 5.25 Å². The van der Waals surface area contributed by atoms with Gasteiger partial charge in [-0.2, -0.15) is 0 Å². The molecule has 0 fully saturated rings. The summed E-state index contributed by atoms with van der Waals surface area (Å²) in [6.07, 6.45) is 1.58. The fraction of sp³-hybridized carbons (Fsp3) is 0.250. The van der Waals surface area contributed by atoms with Crippen LogP contribution < -0.4 is 20.9 Å². The molecular weight excluding hydrogens is 440 g/mol. The summed E-state index contributed by atoms with van der Waals surface area (Å²) in [5, 5.41) is 5.56. The molecule has 0 aliphatic rings. The Morgan fingerprint density at radius 1 is 1.12 bits per heavy atom. The molecular formula is C24H26N4O4S. The number of thioether (sulfide) groups is 1. The zero-order valence-electron chi connectivity index (χ0n) is 18.7. The summed E-state index contributed by atoms with van der Waals surface area (Å²) >= 11 is 1.18. The molecule has 0 spiro atoms. The number of ether oxygens (including phenoxy) is 1. The second kappa shape index (κ2) is 11.3. The molecule has 0 aliphatic carbocycles. The largest absolute Gasteiger partial charge is 0.495 e. The molecule has 1 atom stereocenters. The van der Waals surface area contributed by atoms with Crippen molar-refractivity contribution >= 4 is 35.0 Å². The van der Waals surface area contributed by atoms with Gasteiger partial charge in [-0.25, -0.2) is 4.98 Å². The van der Waals surface area contributed by atoms with Crippen LogP contribution in [0.4, 0.5) is 11.4 Å². The molecule has 0 bridgehead atoms. The summed E-state index contributed by atoms with van der Waals surface area (Å²) in [5.41, 5.74) is 2.05. The lowest BCUT2D eigenvalue weighted by Crippen LogP contribution is -2.23. The molecule has 2 amide bonds. The number of carbonyl (C=O) groups excluding carboxylic acids is 2. The van der Waals surface area contributed by atoms with Crippen molar-refractivity contribution in [1.29, 1.82) is 0 Å². The number of hydrogen-bond donors (Lipinski definition) is 3. The number of rotatable bonds is 9. The molecule has 9 heteroatoms. The fourth-order valence-corrected chi connectivity index (χ4v) is 3.87. The molecule has 1 heterocycles. The lowest BCUT2D eigenvalue weighted by molar-refractivity contribution is -0.115. The first-order valence-electron chi connectivity index (χ1n) is 10.5. The summed E-state index contributed by atoms with van der Waals surface area (Å²) in [7, 11) is 1.54. The summed E-state index contributed by atoms with van der Waals surface area (Å²) in [4.78, 5) is 44.0. The molecule has 3 rings (SSSR count). The topological polar surface area (TPSA) is 113 Å². The predicted octanol–water partition coefficient (Wildman–Crippen LogP) is 4.10. The molecule has 0 saturated heterocycles. The van der Waals surface area contributed by atoms with Crippen molar-refractivity contribution in [3.63, 3.8) is 0 Å². The van der Waals surface area contributed by atoms with Crippen LogP contribution in [0.5, 0.6) is 5.75 Å². The van der Waals surface area contributed by atoms with Gasteiger partial charge in [0.05, 0.1) is 18.0 Å². The van der Waals surface area contributed by atoms with Gasteiger partial charge in [-0.05, 0) is 49.7 Å². The smallest absolute Gasteiger partial charge is 0.255 e. The fourth-order valence-electron chi connectivity index (χ4n) is 3.04. The van der Waals surface area contributed by atoms with Crippen molar-refractivity contribution < 1.29 is 14.3 Å². The van der Waals surface area contributed by atoms with E-state index in [2.05, 4.69) is 20.6 Å². The lowest BCUT2D eigenvalue weighted by Gasteiger charge is -2.13. The molecule has 0 saturated carbocycles. The number of carbonyl (C=O) groups is 2. The highest BCUT2D eigenvalue weighted by Crippen LogP contribution is 2.24. The normalized spacial score (nSPS) is 11.5. The first kappa shape index (κ1) is 24.1. The third kappa shape index (κ3) is 6.69. The molecule has 1 aromatic heterocycles. The Balaban J connectivity index is 1.60. The summed E-state index contributed by atoms with van der Waals surface area (Å²) in [5.74, 6) is 0.0374. The number of aryl methyl sites for hydroxylation is 1. The summed E-state index contributed by atoms with van der Waals surface area (Å²) in [6.45, 7) is 3.75. The summed E-state index contributed by atoms with van der Waals surface area (Å²) < 4.78 is 5.25. The van der Waals surface area contributed by atoms with Crippen LogP contribution in [-0.4, -0.2) is 34.1 Å². The number of aromatic amines is 1. The number of nitrogens with one attached hydrogen (secondary N) is 3. The van der Waals surface area contributed by atoms with E-state index >= 15 is 0 Å². The van der Waals surface area contributed by atoms with Crippen LogP contribution in [0, 0.1) is 0 Å². The number of anilines is 2. The van der Waals surface area contributed by atoms with Gasteiger partial charge in [0, 0.05) is 23.0 Å². The predicted molar refractivity (Wildman–Crippen MR) is 130 cm³/mol. The minimum absolute atomic E-state index is 0.231. The number of nitrogens with zero attached hydrogens (tertiary/aromatic N) is 1. The molecule has 0 radical (unpaired) electrons. The van der Waals surface area contributed by atoms with Gasteiger partial charge in [0.25, 0.3) is 11.5 Å². The van der Waals surface area contributed by atoms with Crippen LogP contribution in [0.3, 0.4) is 0 Å². The average Bonchev–Trinajstić information content (AvgIpc) is 2.79. The van der Waals surface area contributed by atoms with Gasteiger partial charge in [-0.1, -0.05) is 37.2 Å². The van der Waals surface area contributed by atoms with Crippen LogP contribution in [0.25, 0.3) is 0 Å². The van der Waals surface area contributed by atoms with Gasteiger partial charge in [0.1, 0.15) is 5.75 Å². The SMILES string of the molecule is CCCc1cc(=O)[nH]c(SC(C)C(=O)Nc2ccc(C(=O)Nc3ccccc3OC)cc2)n1. The van der Waals surface area contributed by atoms with E-state index in [4.69, 9.17) is 4.74 Å². The first-order chi connectivity index (χ1) is 15.9. The molecule has 3 aromatic rings. The molecule has 3 N–H and O–H groups in total. The van der Waals surface area contributed by atoms with Crippen LogP contribution in [0.2, 0.25) is 0 Å². The third-order valence-corrected chi connectivity index (χ3v) is 5.69. The zero-order chi connectivity index (χ0) is 23.8. The quantitative estimate of drug-likeness (QED) is 0.323. The molecule has 33 heavy (non-hydrogen) atoms. The molecule has 172 valence electrons. The van der Waals surface area contributed by atoms with E-state index in [0.717, 1.165) is 6.42 Å². The monoisotopic (exact) mass is 466 g/mol. The first-order valence-corrected chi connectivity index (χ1v) is 11.4. The van der Waals surface area contributed by atoms with Gasteiger partial charge in [-0.15, -0.1) is 0 Å². The highest BCUT2D eigenvalue weighted by atomic mass is 32.2. The number of methoxy groups -OCH3 is 1. The van der Waals surface area contributed by atoms with Crippen molar-refractivity contribution in [2.24, 2.45) is 0 Å². The summed E-state index contributed by atoms with van der Waals surface area (Å²) in [6, 6.07) is 15.2. The third-order valence-electron chi connectivity index (χ3n) is 4.71. The molecule has 2 aromatic carbocycles. The number of benzene rings is 2. The Morgan fingerprint density at radius 3 is 2.55 bits per heavy atom.